The van der Waals surface area contributed by atoms with Gasteiger partial charge in [0.1, 0.15) is 18.5 Å². The minimum atomic E-state index is -1.07. The van der Waals surface area contributed by atoms with Gasteiger partial charge in [-0.1, -0.05) is 30.3 Å². The van der Waals surface area contributed by atoms with E-state index in [0.29, 0.717) is 11.1 Å². The predicted molar refractivity (Wildman–Crippen MR) is 131 cm³/mol. The number of pyridine rings is 1. The molecule has 1 aromatic heterocycles. The summed E-state index contributed by atoms with van der Waals surface area (Å²) in [4.78, 5) is 38.6. The van der Waals surface area contributed by atoms with Gasteiger partial charge < -0.3 is 23.8 Å². The van der Waals surface area contributed by atoms with Crippen LogP contribution in [0.25, 0.3) is 0 Å². The number of methoxy groups -OCH3 is 1. The molecule has 2 heterocycles. The number of benzene rings is 2. The number of hydrogen-bond donors (Lipinski definition) is 0. The zero-order valence-corrected chi connectivity index (χ0v) is 20.9. The van der Waals surface area contributed by atoms with Crippen LogP contribution >= 0.6 is 0 Å². The third-order valence-electron chi connectivity index (χ3n) is 5.83. The Kier molecular flexibility index (Phi) is 7.79. The summed E-state index contributed by atoms with van der Waals surface area (Å²) in [6.07, 6.45) is 0.346. The molecule has 1 unspecified atom stereocenters. The molecule has 3 aromatic rings. The third kappa shape index (κ3) is 5.10. The number of halogens is 2. The van der Waals surface area contributed by atoms with E-state index in [4.69, 9.17) is 14.2 Å². The number of carbonyl (C=O) groups excluding carboxylic acids is 2. The maximum atomic E-state index is 14.6. The van der Waals surface area contributed by atoms with Crippen molar-refractivity contribution in [1.82, 2.24) is 9.58 Å². The Labute approximate surface area is 216 Å². The van der Waals surface area contributed by atoms with Crippen LogP contribution in [0, 0.1) is 11.6 Å². The minimum Gasteiger partial charge on any atom is -0.493 e. The number of amides is 1. The average Bonchev–Trinajstić information content (AvgIpc) is 2.91. The van der Waals surface area contributed by atoms with Crippen molar-refractivity contribution in [3.8, 4) is 11.5 Å². The summed E-state index contributed by atoms with van der Waals surface area (Å²) >= 11 is 0. The van der Waals surface area contributed by atoms with Crippen molar-refractivity contribution in [2.24, 2.45) is 0 Å². The standard InChI is InChI=1S/C26H25F2N3O7/c1-4-36-21-13-19(28)18(27)12-17(21)22(16-8-6-5-7-9-16)31-14-29(2)25(33)23-24(20(32)10-11-30(23)31)37-15-38-26(34)35-3/h5-13,22H,4,14-15H2,1-3H3. The van der Waals surface area contributed by atoms with Gasteiger partial charge in [0.2, 0.25) is 18.0 Å². The second-order valence-corrected chi connectivity index (χ2v) is 8.20. The summed E-state index contributed by atoms with van der Waals surface area (Å²) < 4.78 is 50.4. The monoisotopic (exact) mass is 529 g/mol. The van der Waals surface area contributed by atoms with Crippen LogP contribution in [0.3, 0.4) is 0 Å². The largest absolute Gasteiger partial charge is 0.510 e. The zero-order valence-electron chi connectivity index (χ0n) is 20.9. The molecule has 0 N–H and O–H groups in total. The summed E-state index contributed by atoms with van der Waals surface area (Å²) in [5, 5.41) is 1.68. The fourth-order valence-electron chi connectivity index (χ4n) is 4.18. The molecule has 200 valence electrons. The SMILES string of the molecule is CCOc1cc(F)c(F)cc1C(c1ccccc1)N1CN(C)C(=O)c2c(OCOC(=O)OC)c(=O)ccn21. The van der Waals surface area contributed by atoms with E-state index in [2.05, 4.69) is 4.74 Å². The van der Waals surface area contributed by atoms with Crippen molar-refractivity contribution in [2.45, 2.75) is 13.0 Å². The minimum absolute atomic E-state index is 0.00305. The van der Waals surface area contributed by atoms with Gasteiger partial charge in [0, 0.05) is 30.9 Å². The first kappa shape index (κ1) is 26.5. The van der Waals surface area contributed by atoms with Crippen molar-refractivity contribution in [3.63, 3.8) is 0 Å². The van der Waals surface area contributed by atoms with Crippen LogP contribution in [0.1, 0.15) is 34.6 Å². The first-order valence-corrected chi connectivity index (χ1v) is 11.5. The second kappa shape index (κ2) is 11.2. The highest BCUT2D eigenvalue weighted by Crippen LogP contribution is 2.37. The Morgan fingerprint density at radius 3 is 2.45 bits per heavy atom. The van der Waals surface area contributed by atoms with Gasteiger partial charge >= 0.3 is 6.16 Å². The van der Waals surface area contributed by atoms with Crippen LogP contribution in [0.4, 0.5) is 13.6 Å². The highest BCUT2D eigenvalue weighted by Gasteiger charge is 2.37. The maximum Gasteiger partial charge on any atom is 0.510 e. The molecule has 0 bridgehead atoms. The van der Waals surface area contributed by atoms with Crippen molar-refractivity contribution < 1.29 is 37.3 Å². The van der Waals surface area contributed by atoms with E-state index >= 15 is 0 Å². The highest BCUT2D eigenvalue weighted by atomic mass is 19.2. The van der Waals surface area contributed by atoms with Gasteiger partial charge in [0.05, 0.1) is 13.7 Å². The molecular formula is C26H25F2N3O7. The summed E-state index contributed by atoms with van der Waals surface area (Å²) in [5.41, 5.74) is 0.179. The molecule has 12 heteroatoms. The number of hydrogen-bond acceptors (Lipinski definition) is 8. The molecule has 1 aliphatic heterocycles. The molecule has 4 rings (SSSR count). The molecule has 0 radical (unpaired) electrons. The van der Waals surface area contributed by atoms with Crippen LogP contribution in [0.2, 0.25) is 0 Å². The molecular weight excluding hydrogens is 504 g/mol. The zero-order chi connectivity index (χ0) is 27.4. The van der Waals surface area contributed by atoms with Crippen LogP contribution < -0.4 is 19.9 Å². The molecule has 0 fully saturated rings. The smallest absolute Gasteiger partial charge is 0.493 e. The number of carbonyl (C=O) groups is 2. The van der Waals surface area contributed by atoms with Gasteiger partial charge in [-0.15, -0.1) is 0 Å². The van der Waals surface area contributed by atoms with Gasteiger partial charge in [0.25, 0.3) is 5.91 Å². The predicted octanol–water partition coefficient (Wildman–Crippen LogP) is 3.42. The van der Waals surface area contributed by atoms with Crippen molar-refractivity contribution in [2.75, 3.05) is 39.2 Å². The Morgan fingerprint density at radius 1 is 1.05 bits per heavy atom. The molecule has 2 aromatic carbocycles. The van der Waals surface area contributed by atoms with E-state index in [1.54, 1.807) is 42.3 Å². The van der Waals surface area contributed by atoms with Crippen LogP contribution in [-0.4, -0.2) is 55.9 Å². The fourth-order valence-corrected chi connectivity index (χ4v) is 4.18. The van der Waals surface area contributed by atoms with Crippen molar-refractivity contribution in [3.05, 3.63) is 93.4 Å². The molecule has 0 spiro atoms. The first-order chi connectivity index (χ1) is 18.3. The third-order valence-corrected chi connectivity index (χ3v) is 5.83. The van der Waals surface area contributed by atoms with Crippen LogP contribution in [0.5, 0.6) is 11.5 Å². The summed E-state index contributed by atoms with van der Waals surface area (Å²) in [6, 6.07) is 11.4. The van der Waals surface area contributed by atoms with Crippen molar-refractivity contribution in [1.29, 1.82) is 0 Å². The number of fused-ring (bicyclic) bond motifs is 1. The highest BCUT2D eigenvalue weighted by molar-refractivity contribution is 5.96. The maximum absolute atomic E-state index is 14.6. The molecule has 1 atom stereocenters. The second-order valence-electron chi connectivity index (χ2n) is 8.20. The Balaban J connectivity index is 1.91. The van der Waals surface area contributed by atoms with Crippen LogP contribution in [0.15, 0.2) is 59.5 Å². The number of ether oxygens (including phenoxy) is 4. The van der Waals surface area contributed by atoms with Gasteiger partial charge in [-0.2, -0.15) is 0 Å². The van der Waals surface area contributed by atoms with Crippen LogP contribution in [-0.2, 0) is 9.47 Å². The van der Waals surface area contributed by atoms with Crippen molar-refractivity contribution >= 4 is 12.1 Å². The lowest BCUT2D eigenvalue weighted by Crippen LogP contribution is -2.54. The lowest BCUT2D eigenvalue weighted by Gasteiger charge is -2.43. The van der Waals surface area contributed by atoms with E-state index < -0.39 is 42.0 Å². The normalized spacial score (nSPS) is 13.6. The van der Waals surface area contributed by atoms with E-state index in [1.807, 2.05) is 0 Å². The van der Waals surface area contributed by atoms with Gasteiger partial charge in [-0.25, -0.2) is 13.6 Å². The Morgan fingerprint density at radius 2 is 1.76 bits per heavy atom. The summed E-state index contributed by atoms with van der Waals surface area (Å²) in [7, 11) is 2.62. The number of rotatable bonds is 8. The number of nitrogens with zero attached hydrogens (tertiary/aromatic N) is 3. The van der Waals surface area contributed by atoms with E-state index in [-0.39, 0.29) is 30.5 Å². The van der Waals surface area contributed by atoms with E-state index in [1.165, 1.54) is 28.9 Å². The lowest BCUT2D eigenvalue weighted by molar-refractivity contribution is 0.0135. The molecule has 10 nitrogen and oxygen atoms in total. The molecule has 1 amide bonds. The van der Waals surface area contributed by atoms with Gasteiger partial charge in [-0.05, 0) is 18.6 Å². The quantitative estimate of drug-likeness (QED) is 0.323. The van der Waals surface area contributed by atoms with Gasteiger partial charge in [-0.3, -0.25) is 19.3 Å². The lowest BCUT2D eigenvalue weighted by atomic mass is 9.96. The fraction of sp³-hybridized carbons (Fsp3) is 0.269. The Bertz CT molecular complexity index is 1400. The first-order valence-electron chi connectivity index (χ1n) is 11.5. The molecule has 0 aliphatic carbocycles. The summed E-state index contributed by atoms with van der Waals surface area (Å²) in [6.45, 7) is 1.22. The number of aromatic nitrogens is 1. The summed E-state index contributed by atoms with van der Waals surface area (Å²) in [5.74, 6) is -2.94. The van der Waals surface area contributed by atoms with Gasteiger partial charge in [0.15, 0.2) is 17.3 Å². The Hall–Kier alpha value is -4.61. The van der Waals surface area contributed by atoms with E-state index in [9.17, 15) is 23.2 Å². The molecule has 38 heavy (non-hydrogen) atoms. The molecule has 0 saturated heterocycles. The topological polar surface area (TPSA) is 99.5 Å². The van der Waals surface area contributed by atoms with E-state index in [0.717, 1.165) is 19.2 Å². The molecule has 0 saturated carbocycles. The average molecular weight is 529 g/mol. The molecule has 1 aliphatic rings.